The van der Waals surface area contributed by atoms with Crippen LogP contribution in [-0.4, -0.2) is 6.29 Å². The van der Waals surface area contributed by atoms with Crippen LogP contribution in [0.3, 0.4) is 0 Å². The van der Waals surface area contributed by atoms with E-state index in [9.17, 15) is 4.79 Å². The van der Waals surface area contributed by atoms with Gasteiger partial charge in [0.25, 0.3) is 0 Å². The second-order valence-corrected chi connectivity index (χ2v) is 4.17. The molecule has 16 heavy (non-hydrogen) atoms. The van der Waals surface area contributed by atoms with Gasteiger partial charge in [-0.05, 0) is 38.2 Å². The van der Waals surface area contributed by atoms with E-state index >= 15 is 0 Å². The third-order valence-electron chi connectivity index (χ3n) is 2.58. The molecule has 0 aromatic rings. The summed E-state index contributed by atoms with van der Waals surface area (Å²) in [6.45, 7) is 2.21. The SMILES string of the molecule is CCCC=CCCCCCCCC=CC=O. The van der Waals surface area contributed by atoms with Crippen molar-refractivity contribution in [2.45, 2.75) is 64.7 Å². The molecule has 0 spiro atoms. The van der Waals surface area contributed by atoms with Crippen LogP contribution in [0.15, 0.2) is 24.3 Å². The van der Waals surface area contributed by atoms with Crippen molar-refractivity contribution >= 4 is 6.29 Å². The summed E-state index contributed by atoms with van der Waals surface area (Å²) < 4.78 is 0. The summed E-state index contributed by atoms with van der Waals surface area (Å²) in [6.07, 6.45) is 20.3. The highest BCUT2D eigenvalue weighted by Gasteiger charge is 1.88. The highest BCUT2D eigenvalue weighted by molar-refractivity contribution is 5.64. The van der Waals surface area contributed by atoms with E-state index in [4.69, 9.17) is 0 Å². The Kier molecular flexibility index (Phi) is 13.4. The van der Waals surface area contributed by atoms with Crippen molar-refractivity contribution in [3.05, 3.63) is 24.3 Å². The maximum atomic E-state index is 9.99. The molecule has 0 aromatic carbocycles. The molecule has 0 amide bonds. The van der Waals surface area contributed by atoms with E-state index < -0.39 is 0 Å². The van der Waals surface area contributed by atoms with Crippen molar-refractivity contribution in [1.82, 2.24) is 0 Å². The van der Waals surface area contributed by atoms with E-state index in [-0.39, 0.29) is 0 Å². The lowest BCUT2D eigenvalue weighted by molar-refractivity contribution is -0.104. The smallest absolute Gasteiger partial charge is 0.142 e. The number of carbonyl (C=O) groups is 1. The Morgan fingerprint density at radius 1 is 0.750 bits per heavy atom. The summed E-state index contributed by atoms with van der Waals surface area (Å²) in [5.41, 5.74) is 0. The molecule has 0 N–H and O–H groups in total. The monoisotopic (exact) mass is 222 g/mol. The highest BCUT2D eigenvalue weighted by Crippen LogP contribution is 2.08. The summed E-state index contributed by atoms with van der Waals surface area (Å²) in [4.78, 5) is 9.99. The number of unbranched alkanes of at least 4 members (excludes halogenated alkanes) is 7. The third kappa shape index (κ3) is 13.2. The largest absolute Gasteiger partial charge is 0.299 e. The van der Waals surface area contributed by atoms with Crippen LogP contribution in [-0.2, 0) is 4.79 Å². The van der Waals surface area contributed by atoms with Gasteiger partial charge in [-0.15, -0.1) is 0 Å². The van der Waals surface area contributed by atoms with Crippen LogP contribution in [0, 0.1) is 0 Å². The molecule has 1 heteroatoms. The minimum atomic E-state index is 0.850. The lowest BCUT2D eigenvalue weighted by Gasteiger charge is -1.97. The standard InChI is InChI=1S/C15H26O/c1-2-3-4-5-6-7-8-9-10-11-12-13-14-15-16/h4-5,13-15H,2-3,6-12H2,1H3. The van der Waals surface area contributed by atoms with Crippen molar-refractivity contribution in [2.75, 3.05) is 0 Å². The number of hydrogen-bond donors (Lipinski definition) is 0. The minimum Gasteiger partial charge on any atom is -0.299 e. The summed E-state index contributed by atoms with van der Waals surface area (Å²) >= 11 is 0. The number of rotatable bonds is 11. The molecule has 0 unspecified atom stereocenters. The fourth-order valence-electron chi connectivity index (χ4n) is 1.61. The van der Waals surface area contributed by atoms with Crippen molar-refractivity contribution in [1.29, 1.82) is 0 Å². The fraction of sp³-hybridized carbons (Fsp3) is 0.667. The summed E-state index contributed by atoms with van der Waals surface area (Å²) in [5.74, 6) is 0. The quantitative estimate of drug-likeness (QED) is 0.212. The third-order valence-corrected chi connectivity index (χ3v) is 2.58. The van der Waals surface area contributed by atoms with E-state index in [1.807, 2.05) is 6.08 Å². The highest BCUT2D eigenvalue weighted by atomic mass is 16.1. The van der Waals surface area contributed by atoms with Gasteiger partial charge in [-0.25, -0.2) is 0 Å². The molecule has 0 atom stereocenters. The summed E-state index contributed by atoms with van der Waals surface area (Å²) in [7, 11) is 0. The van der Waals surface area contributed by atoms with Crippen molar-refractivity contribution in [3.8, 4) is 0 Å². The zero-order chi connectivity index (χ0) is 11.9. The van der Waals surface area contributed by atoms with Crippen molar-refractivity contribution in [3.63, 3.8) is 0 Å². The molecular formula is C15H26O. The Labute approximate surface area is 101 Å². The van der Waals surface area contributed by atoms with Gasteiger partial charge < -0.3 is 0 Å². The molecule has 92 valence electrons. The summed E-state index contributed by atoms with van der Waals surface area (Å²) in [5, 5.41) is 0. The van der Waals surface area contributed by atoms with Gasteiger partial charge in [0.1, 0.15) is 6.29 Å². The molecule has 0 aromatic heterocycles. The van der Waals surface area contributed by atoms with Crippen molar-refractivity contribution < 1.29 is 4.79 Å². The van der Waals surface area contributed by atoms with Crippen LogP contribution in [0.5, 0.6) is 0 Å². The molecule has 0 rings (SSSR count). The van der Waals surface area contributed by atoms with Crippen LogP contribution >= 0.6 is 0 Å². The van der Waals surface area contributed by atoms with Crippen LogP contribution < -0.4 is 0 Å². The van der Waals surface area contributed by atoms with Gasteiger partial charge in [0.05, 0.1) is 0 Å². The Hall–Kier alpha value is -0.850. The first kappa shape index (κ1) is 15.2. The molecule has 0 radical (unpaired) electrons. The van der Waals surface area contributed by atoms with E-state index in [2.05, 4.69) is 19.1 Å². The molecule has 0 aliphatic carbocycles. The zero-order valence-electron chi connectivity index (χ0n) is 10.7. The number of allylic oxidation sites excluding steroid dienone is 4. The Morgan fingerprint density at radius 2 is 1.31 bits per heavy atom. The van der Waals surface area contributed by atoms with Gasteiger partial charge >= 0.3 is 0 Å². The lowest BCUT2D eigenvalue weighted by Crippen LogP contribution is -1.78. The van der Waals surface area contributed by atoms with E-state index in [1.165, 1.54) is 51.4 Å². The average Bonchev–Trinajstić information content (AvgIpc) is 2.31. The zero-order valence-corrected chi connectivity index (χ0v) is 10.7. The Morgan fingerprint density at radius 3 is 1.94 bits per heavy atom. The van der Waals surface area contributed by atoms with Crippen LogP contribution in [0.4, 0.5) is 0 Å². The van der Waals surface area contributed by atoms with E-state index in [0.29, 0.717) is 0 Å². The first-order chi connectivity index (χ1) is 7.91. The minimum absolute atomic E-state index is 0.850. The molecular weight excluding hydrogens is 196 g/mol. The normalized spacial score (nSPS) is 11.6. The number of hydrogen-bond acceptors (Lipinski definition) is 1. The molecule has 0 heterocycles. The van der Waals surface area contributed by atoms with Crippen LogP contribution in [0.1, 0.15) is 64.7 Å². The maximum absolute atomic E-state index is 9.99. The lowest BCUT2D eigenvalue weighted by atomic mass is 10.1. The molecule has 0 aliphatic rings. The average molecular weight is 222 g/mol. The Bertz CT molecular complexity index is 192. The topological polar surface area (TPSA) is 17.1 Å². The van der Waals surface area contributed by atoms with Gasteiger partial charge in [-0.3, -0.25) is 4.79 Å². The van der Waals surface area contributed by atoms with Crippen molar-refractivity contribution in [2.24, 2.45) is 0 Å². The molecule has 0 saturated heterocycles. The predicted octanol–water partition coefficient (Wildman–Crippen LogP) is 4.83. The second kappa shape index (κ2) is 14.2. The molecule has 0 fully saturated rings. The first-order valence-corrected chi connectivity index (χ1v) is 6.67. The summed E-state index contributed by atoms with van der Waals surface area (Å²) in [6, 6.07) is 0. The van der Waals surface area contributed by atoms with Crippen LogP contribution in [0.2, 0.25) is 0 Å². The number of aldehydes is 1. The molecule has 0 saturated carbocycles. The van der Waals surface area contributed by atoms with Gasteiger partial charge in [0.2, 0.25) is 0 Å². The van der Waals surface area contributed by atoms with E-state index in [0.717, 1.165) is 12.7 Å². The second-order valence-electron chi connectivity index (χ2n) is 4.17. The van der Waals surface area contributed by atoms with Gasteiger partial charge in [0, 0.05) is 0 Å². The molecule has 0 bridgehead atoms. The van der Waals surface area contributed by atoms with Crippen LogP contribution in [0.25, 0.3) is 0 Å². The fourth-order valence-corrected chi connectivity index (χ4v) is 1.61. The van der Waals surface area contributed by atoms with Gasteiger partial charge in [-0.1, -0.05) is 50.8 Å². The molecule has 0 aliphatic heterocycles. The maximum Gasteiger partial charge on any atom is 0.142 e. The Balaban J connectivity index is 3.04. The number of carbonyl (C=O) groups excluding carboxylic acids is 1. The molecule has 1 nitrogen and oxygen atoms in total. The predicted molar refractivity (Wildman–Crippen MR) is 71.6 cm³/mol. The van der Waals surface area contributed by atoms with E-state index in [1.54, 1.807) is 6.08 Å². The first-order valence-electron chi connectivity index (χ1n) is 6.67. The van der Waals surface area contributed by atoms with Gasteiger partial charge in [0.15, 0.2) is 0 Å². The van der Waals surface area contributed by atoms with Gasteiger partial charge in [-0.2, -0.15) is 0 Å².